The second-order valence-corrected chi connectivity index (χ2v) is 4.15. The van der Waals surface area contributed by atoms with Crippen LogP contribution < -0.4 is 4.74 Å². The fourth-order valence-corrected chi connectivity index (χ4v) is 2.05. The summed E-state index contributed by atoms with van der Waals surface area (Å²) >= 11 is 0. The molecule has 0 aromatic heterocycles. The Hall–Kier alpha value is -1.23. The molecule has 1 aromatic carbocycles. The van der Waals surface area contributed by atoms with E-state index in [2.05, 4.69) is 0 Å². The largest absolute Gasteiger partial charge is 0.497 e. The van der Waals surface area contributed by atoms with Crippen molar-refractivity contribution in [3.63, 3.8) is 0 Å². The van der Waals surface area contributed by atoms with Gasteiger partial charge in [-0.25, -0.2) is 0 Å². The maximum Gasteiger partial charge on any atom is 0.421 e. The van der Waals surface area contributed by atoms with E-state index in [1.807, 2.05) is 0 Å². The summed E-state index contributed by atoms with van der Waals surface area (Å²) in [5.74, 6) is 0.565. The van der Waals surface area contributed by atoms with Crippen LogP contribution in [0, 0.1) is 0 Å². The van der Waals surface area contributed by atoms with E-state index in [-0.39, 0.29) is 12.2 Å². The molecule has 17 heavy (non-hydrogen) atoms. The number of halogens is 3. The van der Waals surface area contributed by atoms with Gasteiger partial charge in [0, 0.05) is 0 Å². The fourth-order valence-electron chi connectivity index (χ4n) is 2.05. The van der Waals surface area contributed by atoms with Crippen molar-refractivity contribution in [1.29, 1.82) is 0 Å². The molecule has 0 spiro atoms. The van der Waals surface area contributed by atoms with E-state index < -0.39 is 11.8 Å². The zero-order valence-electron chi connectivity index (χ0n) is 9.60. The average molecular weight is 246 g/mol. The van der Waals surface area contributed by atoms with Crippen molar-refractivity contribution >= 4 is 0 Å². The van der Waals surface area contributed by atoms with E-state index >= 15 is 0 Å². The van der Waals surface area contributed by atoms with Gasteiger partial charge in [0.2, 0.25) is 0 Å². The Balaban J connectivity index is 2.52. The SMILES string of the molecule is COc1ccc2c(c1)CCO[C@@]2(C)C(F)(F)F. The molecule has 0 radical (unpaired) electrons. The van der Waals surface area contributed by atoms with Crippen molar-refractivity contribution < 1.29 is 22.6 Å². The van der Waals surface area contributed by atoms with E-state index in [4.69, 9.17) is 9.47 Å². The van der Waals surface area contributed by atoms with Gasteiger partial charge in [-0.15, -0.1) is 0 Å². The van der Waals surface area contributed by atoms with Gasteiger partial charge in [-0.2, -0.15) is 13.2 Å². The number of rotatable bonds is 1. The van der Waals surface area contributed by atoms with Crippen LogP contribution in [0.2, 0.25) is 0 Å². The number of methoxy groups -OCH3 is 1. The molecule has 2 rings (SSSR count). The normalized spacial score (nSPS) is 24.3. The second-order valence-electron chi connectivity index (χ2n) is 4.15. The van der Waals surface area contributed by atoms with Gasteiger partial charge in [-0.3, -0.25) is 0 Å². The molecule has 1 aliphatic rings. The van der Waals surface area contributed by atoms with Gasteiger partial charge in [0.1, 0.15) is 5.75 Å². The van der Waals surface area contributed by atoms with Gasteiger partial charge in [0.05, 0.1) is 13.7 Å². The van der Waals surface area contributed by atoms with Crippen molar-refractivity contribution in [2.45, 2.75) is 25.1 Å². The number of hydrogen-bond donors (Lipinski definition) is 0. The number of benzene rings is 1. The highest BCUT2D eigenvalue weighted by molar-refractivity contribution is 5.41. The van der Waals surface area contributed by atoms with E-state index in [0.717, 1.165) is 6.92 Å². The minimum Gasteiger partial charge on any atom is -0.497 e. The summed E-state index contributed by atoms with van der Waals surface area (Å²) in [4.78, 5) is 0. The Morgan fingerprint density at radius 2 is 2.06 bits per heavy atom. The average Bonchev–Trinajstić information content (AvgIpc) is 2.27. The number of fused-ring (bicyclic) bond motifs is 1. The monoisotopic (exact) mass is 246 g/mol. The molecule has 0 fully saturated rings. The Bertz CT molecular complexity index is 428. The minimum absolute atomic E-state index is 0.0657. The number of ether oxygens (including phenoxy) is 2. The molecule has 0 unspecified atom stereocenters. The van der Waals surface area contributed by atoms with Crippen LogP contribution in [0.4, 0.5) is 13.2 Å². The van der Waals surface area contributed by atoms with E-state index in [9.17, 15) is 13.2 Å². The summed E-state index contributed by atoms with van der Waals surface area (Å²) in [5.41, 5.74) is -1.40. The highest BCUT2D eigenvalue weighted by atomic mass is 19.4. The van der Waals surface area contributed by atoms with Crippen molar-refractivity contribution in [3.8, 4) is 5.75 Å². The lowest BCUT2D eigenvalue weighted by Gasteiger charge is -2.37. The number of hydrogen-bond acceptors (Lipinski definition) is 2. The smallest absolute Gasteiger partial charge is 0.421 e. The molecular weight excluding hydrogens is 233 g/mol. The van der Waals surface area contributed by atoms with Crippen LogP contribution in [0.1, 0.15) is 18.1 Å². The third-order valence-corrected chi connectivity index (χ3v) is 3.13. The molecule has 0 saturated carbocycles. The molecule has 0 N–H and O–H groups in total. The molecule has 2 nitrogen and oxygen atoms in total. The first kappa shape index (κ1) is 12.2. The van der Waals surface area contributed by atoms with E-state index in [1.54, 1.807) is 6.07 Å². The molecule has 0 bridgehead atoms. The Morgan fingerprint density at radius 3 is 2.65 bits per heavy atom. The zero-order valence-corrected chi connectivity index (χ0v) is 9.60. The van der Waals surface area contributed by atoms with Crippen molar-refractivity contribution in [2.24, 2.45) is 0 Å². The van der Waals surface area contributed by atoms with E-state index in [1.165, 1.54) is 19.2 Å². The standard InChI is InChI=1S/C12H13F3O2/c1-11(12(13,14)15)10-4-3-9(16-2)7-8(10)5-6-17-11/h3-4,7H,5-6H2,1-2H3/t11-/m1/s1. The van der Waals surface area contributed by atoms with Crippen LogP contribution >= 0.6 is 0 Å². The first-order chi connectivity index (χ1) is 7.88. The number of alkyl halides is 3. The van der Waals surface area contributed by atoms with Gasteiger partial charge in [-0.1, -0.05) is 6.07 Å². The lowest BCUT2D eigenvalue weighted by Crippen LogP contribution is -2.45. The summed E-state index contributed by atoms with van der Waals surface area (Å²) in [5, 5.41) is 0. The molecular formula is C12H13F3O2. The van der Waals surface area contributed by atoms with Gasteiger partial charge >= 0.3 is 6.18 Å². The third-order valence-electron chi connectivity index (χ3n) is 3.13. The maximum atomic E-state index is 13.0. The first-order valence-electron chi connectivity index (χ1n) is 5.26. The second kappa shape index (κ2) is 3.91. The van der Waals surface area contributed by atoms with Gasteiger partial charge in [0.25, 0.3) is 0 Å². The quantitative estimate of drug-likeness (QED) is 0.758. The van der Waals surface area contributed by atoms with Crippen molar-refractivity contribution in [1.82, 2.24) is 0 Å². The van der Waals surface area contributed by atoms with Gasteiger partial charge in [0.15, 0.2) is 5.60 Å². The van der Waals surface area contributed by atoms with Gasteiger partial charge < -0.3 is 9.47 Å². The van der Waals surface area contributed by atoms with Crippen LogP contribution in [-0.4, -0.2) is 19.9 Å². The van der Waals surface area contributed by atoms with Gasteiger partial charge in [-0.05, 0) is 36.6 Å². The van der Waals surface area contributed by atoms with Crippen LogP contribution in [0.25, 0.3) is 0 Å². The highest BCUT2D eigenvalue weighted by Crippen LogP contribution is 2.45. The summed E-state index contributed by atoms with van der Waals surface area (Å²) in [6.45, 7) is 1.13. The minimum atomic E-state index is -4.42. The summed E-state index contributed by atoms with van der Waals surface area (Å²) < 4.78 is 49.1. The van der Waals surface area contributed by atoms with Crippen LogP contribution in [-0.2, 0) is 16.8 Å². The molecule has 5 heteroatoms. The molecule has 1 atom stereocenters. The van der Waals surface area contributed by atoms with Crippen molar-refractivity contribution in [3.05, 3.63) is 29.3 Å². The topological polar surface area (TPSA) is 18.5 Å². The molecule has 94 valence electrons. The molecule has 1 heterocycles. The Morgan fingerprint density at radius 1 is 1.35 bits per heavy atom. The molecule has 0 aliphatic carbocycles. The molecule has 0 saturated heterocycles. The molecule has 1 aliphatic heterocycles. The highest BCUT2D eigenvalue weighted by Gasteiger charge is 2.55. The molecule has 0 amide bonds. The third kappa shape index (κ3) is 1.88. The zero-order chi connectivity index (χ0) is 12.7. The Labute approximate surface area is 97.3 Å². The lowest BCUT2D eigenvalue weighted by molar-refractivity contribution is -0.281. The Kier molecular flexibility index (Phi) is 2.81. The summed E-state index contributed by atoms with van der Waals surface area (Å²) in [6, 6.07) is 4.60. The lowest BCUT2D eigenvalue weighted by atomic mass is 9.87. The summed E-state index contributed by atoms with van der Waals surface area (Å²) in [6.07, 6.45) is -3.95. The van der Waals surface area contributed by atoms with Crippen LogP contribution in [0.5, 0.6) is 5.75 Å². The fraction of sp³-hybridized carbons (Fsp3) is 0.500. The predicted molar refractivity (Wildman–Crippen MR) is 56.1 cm³/mol. The van der Waals surface area contributed by atoms with Crippen LogP contribution in [0.3, 0.4) is 0 Å². The maximum absolute atomic E-state index is 13.0. The van der Waals surface area contributed by atoms with Crippen molar-refractivity contribution in [2.75, 3.05) is 13.7 Å². The van der Waals surface area contributed by atoms with E-state index in [0.29, 0.717) is 17.7 Å². The van der Waals surface area contributed by atoms with Crippen LogP contribution in [0.15, 0.2) is 18.2 Å². The summed E-state index contributed by atoms with van der Waals surface area (Å²) in [7, 11) is 1.49. The first-order valence-corrected chi connectivity index (χ1v) is 5.26. The molecule has 1 aromatic rings. The predicted octanol–water partition coefficient (Wildman–Crippen LogP) is 3.05.